The van der Waals surface area contributed by atoms with Gasteiger partial charge in [0.15, 0.2) is 11.0 Å². The van der Waals surface area contributed by atoms with E-state index in [-0.39, 0.29) is 5.89 Å². The van der Waals surface area contributed by atoms with Crippen LogP contribution in [0.5, 0.6) is 0 Å². The fourth-order valence-electron chi connectivity index (χ4n) is 2.25. The Kier molecular flexibility index (Phi) is 4.21. The van der Waals surface area contributed by atoms with Gasteiger partial charge in [0.1, 0.15) is 5.69 Å². The summed E-state index contributed by atoms with van der Waals surface area (Å²) in [4.78, 5) is 15.5. The highest BCUT2D eigenvalue weighted by Gasteiger charge is 2.25. The van der Waals surface area contributed by atoms with Gasteiger partial charge in [0.05, 0.1) is 0 Å². The quantitative estimate of drug-likeness (QED) is 0.699. The first-order chi connectivity index (χ1) is 11.1. The maximum atomic E-state index is 11.2. The Bertz CT molecular complexity index is 825. The standard InChI is InChI=1S/C18H15NO3S/c1-11-7-9-12(10-8-11)14-15(13-5-3-2-4-6-13)22-17(19-14)16(23)18(20)21/h2-10,16,23H,1H3,(H,20,21). The number of oxazole rings is 1. The zero-order chi connectivity index (χ0) is 16.4. The third-order valence-corrected chi connectivity index (χ3v) is 3.91. The molecule has 5 heteroatoms. The Morgan fingerprint density at radius 1 is 1.09 bits per heavy atom. The zero-order valence-electron chi connectivity index (χ0n) is 12.4. The molecule has 0 radical (unpaired) electrons. The predicted molar refractivity (Wildman–Crippen MR) is 91.5 cm³/mol. The van der Waals surface area contributed by atoms with E-state index >= 15 is 0 Å². The zero-order valence-corrected chi connectivity index (χ0v) is 13.3. The number of aryl methyl sites for hydroxylation is 1. The summed E-state index contributed by atoms with van der Waals surface area (Å²) in [5.74, 6) is -0.468. The van der Waals surface area contributed by atoms with E-state index in [9.17, 15) is 4.79 Å². The van der Waals surface area contributed by atoms with Crippen molar-refractivity contribution in [1.82, 2.24) is 4.98 Å². The Morgan fingerprint density at radius 2 is 1.74 bits per heavy atom. The van der Waals surface area contributed by atoms with Crippen LogP contribution in [0.3, 0.4) is 0 Å². The molecule has 0 amide bonds. The number of rotatable bonds is 4. The van der Waals surface area contributed by atoms with Crippen LogP contribution in [0.15, 0.2) is 59.0 Å². The van der Waals surface area contributed by atoms with Gasteiger partial charge < -0.3 is 9.52 Å². The Labute approximate surface area is 139 Å². The second-order valence-corrected chi connectivity index (χ2v) is 5.72. The van der Waals surface area contributed by atoms with E-state index in [0.717, 1.165) is 16.7 Å². The highest BCUT2D eigenvalue weighted by molar-refractivity contribution is 7.81. The summed E-state index contributed by atoms with van der Waals surface area (Å²) in [6, 6.07) is 17.3. The molecule has 0 saturated heterocycles. The van der Waals surface area contributed by atoms with Crippen molar-refractivity contribution in [2.45, 2.75) is 12.2 Å². The monoisotopic (exact) mass is 325 g/mol. The van der Waals surface area contributed by atoms with E-state index in [0.29, 0.717) is 11.5 Å². The van der Waals surface area contributed by atoms with Crippen LogP contribution >= 0.6 is 12.6 Å². The fraction of sp³-hybridized carbons (Fsp3) is 0.111. The summed E-state index contributed by atoms with van der Waals surface area (Å²) < 4.78 is 5.74. The van der Waals surface area contributed by atoms with Gasteiger partial charge in [-0.05, 0) is 6.92 Å². The van der Waals surface area contributed by atoms with E-state index in [1.807, 2.05) is 61.5 Å². The van der Waals surface area contributed by atoms with Crippen LogP contribution in [0.2, 0.25) is 0 Å². The van der Waals surface area contributed by atoms with Crippen LogP contribution in [0.1, 0.15) is 16.7 Å². The van der Waals surface area contributed by atoms with Crippen LogP contribution in [0.25, 0.3) is 22.6 Å². The molecule has 2 aromatic carbocycles. The van der Waals surface area contributed by atoms with Crippen molar-refractivity contribution in [3.05, 3.63) is 66.1 Å². The molecule has 0 spiro atoms. The van der Waals surface area contributed by atoms with E-state index < -0.39 is 11.2 Å². The molecule has 1 aromatic heterocycles. The summed E-state index contributed by atoms with van der Waals surface area (Å²) in [5.41, 5.74) is 3.46. The Morgan fingerprint density at radius 3 is 2.35 bits per heavy atom. The predicted octanol–water partition coefficient (Wildman–Crippen LogP) is 4.37. The molecule has 0 fully saturated rings. The van der Waals surface area contributed by atoms with Gasteiger partial charge in [0, 0.05) is 11.1 Å². The molecule has 0 aliphatic heterocycles. The number of hydrogen-bond acceptors (Lipinski definition) is 4. The summed E-state index contributed by atoms with van der Waals surface area (Å²) in [5, 5.41) is 8.04. The third-order valence-electron chi connectivity index (χ3n) is 3.47. The van der Waals surface area contributed by atoms with Crippen molar-refractivity contribution in [1.29, 1.82) is 0 Å². The average molecular weight is 325 g/mol. The topological polar surface area (TPSA) is 63.3 Å². The first-order valence-corrected chi connectivity index (χ1v) is 7.62. The normalized spacial score (nSPS) is 12.1. The lowest BCUT2D eigenvalue weighted by Crippen LogP contribution is -2.05. The van der Waals surface area contributed by atoms with Gasteiger partial charge in [-0.25, -0.2) is 4.98 Å². The minimum Gasteiger partial charge on any atom is -0.480 e. The van der Waals surface area contributed by atoms with E-state index in [4.69, 9.17) is 9.52 Å². The lowest BCUT2D eigenvalue weighted by Gasteiger charge is -2.02. The van der Waals surface area contributed by atoms with Crippen LogP contribution in [0.4, 0.5) is 0 Å². The van der Waals surface area contributed by atoms with Crippen molar-refractivity contribution < 1.29 is 14.3 Å². The molecule has 1 N–H and O–H groups in total. The van der Waals surface area contributed by atoms with Crippen molar-refractivity contribution >= 4 is 18.6 Å². The number of hydrogen-bond donors (Lipinski definition) is 2. The number of benzene rings is 2. The molecule has 1 atom stereocenters. The smallest absolute Gasteiger partial charge is 0.325 e. The van der Waals surface area contributed by atoms with Crippen molar-refractivity contribution in [2.75, 3.05) is 0 Å². The maximum absolute atomic E-state index is 11.2. The highest BCUT2D eigenvalue weighted by Crippen LogP contribution is 2.35. The second-order valence-electron chi connectivity index (χ2n) is 5.20. The van der Waals surface area contributed by atoms with Crippen LogP contribution in [0, 0.1) is 6.92 Å². The Hall–Kier alpha value is -2.53. The van der Waals surface area contributed by atoms with Gasteiger partial charge >= 0.3 is 5.97 Å². The number of aliphatic carboxylic acids is 1. The van der Waals surface area contributed by atoms with Crippen LogP contribution in [-0.2, 0) is 4.79 Å². The molecule has 116 valence electrons. The average Bonchev–Trinajstić information content (AvgIpc) is 3.00. The van der Waals surface area contributed by atoms with Gasteiger partial charge in [-0.1, -0.05) is 60.2 Å². The number of carboxylic acid groups (broad SMARTS) is 1. The molecule has 4 nitrogen and oxygen atoms in total. The van der Waals surface area contributed by atoms with Crippen molar-refractivity contribution in [3.8, 4) is 22.6 Å². The largest absolute Gasteiger partial charge is 0.480 e. The summed E-state index contributed by atoms with van der Waals surface area (Å²) in [6.45, 7) is 2.00. The number of carbonyl (C=O) groups is 1. The SMILES string of the molecule is Cc1ccc(-c2nc(C(S)C(=O)O)oc2-c2ccccc2)cc1. The van der Waals surface area contributed by atoms with Gasteiger partial charge in [-0.15, -0.1) is 0 Å². The fourth-order valence-corrected chi connectivity index (χ4v) is 2.36. The molecule has 3 rings (SSSR count). The first kappa shape index (κ1) is 15.4. The van der Waals surface area contributed by atoms with Crippen molar-refractivity contribution in [2.24, 2.45) is 0 Å². The molecule has 0 aliphatic rings. The summed E-state index contributed by atoms with van der Waals surface area (Å²) in [7, 11) is 0. The molecular formula is C18H15NO3S. The van der Waals surface area contributed by atoms with Gasteiger partial charge in [0.25, 0.3) is 0 Å². The minimum absolute atomic E-state index is 0.0789. The number of nitrogens with zero attached hydrogens (tertiary/aromatic N) is 1. The molecule has 0 bridgehead atoms. The first-order valence-electron chi connectivity index (χ1n) is 7.10. The lowest BCUT2D eigenvalue weighted by molar-refractivity contribution is -0.136. The van der Waals surface area contributed by atoms with Gasteiger partial charge in [0.2, 0.25) is 5.89 Å². The van der Waals surface area contributed by atoms with Crippen molar-refractivity contribution in [3.63, 3.8) is 0 Å². The molecule has 0 aliphatic carbocycles. The molecule has 0 saturated carbocycles. The molecule has 23 heavy (non-hydrogen) atoms. The van der Waals surface area contributed by atoms with Gasteiger partial charge in [-0.2, -0.15) is 12.6 Å². The number of carboxylic acids is 1. The Balaban J connectivity index is 2.16. The summed E-state index contributed by atoms with van der Waals surface area (Å²) >= 11 is 4.06. The molecule has 1 unspecified atom stereocenters. The van der Waals surface area contributed by atoms with Crippen LogP contribution in [-0.4, -0.2) is 16.1 Å². The van der Waals surface area contributed by atoms with E-state index in [1.165, 1.54) is 0 Å². The maximum Gasteiger partial charge on any atom is 0.325 e. The van der Waals surface area contributed by atoms with Gasteiger partial charge in [-0.3, -0.25) is 4.79 Å². The number of thiol groups is 1. The highest BCUT2D eigenvalue weighted by atomic mass is 32.1. The summed E-state index contributed by atoms with van der Waals surface area (Å²) in [6.07, 6.45) is 0. The molecule has 3 aromatic rings. The van der Waals surface area contributed by atoms with Crippen LogP contribution < -0.4 is 0 Å². The molecular weight excluding hydrogens is 310 g/mol. The number of aromatic nitrogens is 1. The minimum atomic E-state index is -1.10. The van der Waals surface area contributed by atoms with E-state index in [2.05, 4.69) is 17.6 Å². The second kappa shape index (κ2) is 6.30. The lowest BCUT2D eigenvalue weighted by atomic mass is 10.0. The molecule has 1 heterocycles. The van der Waals surface area contributed by atoms with E-state index in [1.54, 1.807) is 0 Å². The third kappa shape index (κ3) is 3.14.